The molecule has 0 aromatic heterocycles. The fourth-order valence-corrected chi connectivity index (χ4v) is 4.41. The van der Waals surface area contributed by atoms with Gasteiger partial charge < -0.3 is 0 Å². The Balaban J connectivity index is 2.38. The zero-order chi connectivity index (χ0) is 15.9. The van der Waals surface area contributed by atoms with Gasteiger partial charge in [0.05, 0.1) is 0 Å². The number of allylic oxidation sites excluding steroid dienone is 1. The second-order valence-electron chi connectivity index (χ2n) is 4.93. The number of benzene rings is 2. The summed E-state index contributed by atoms with van der Waals surface area (Å²) in [5.74, 6) is 0.824. The van der Waals surface area contributed by atoms with Gasteiger partial charge >= 0.3 is 145 Å². The molecule has 2 aromatic rings. The molecule has 0 N–H and O–H groups in total. The Morgan fingerprint density at radius 2 is 1.64 bits per heavy atom. The first-order valence-corrected chi connectivity index (χ1v) is 12.3. The summed E-state index contributed by atoms with van der Waals surface area (Å²) in [6.07, 6.45) is 4.15. The van der Waals surface area contributed by atoms with E-state index >= 15 is 0 Å². The molecule has 0 atom stereocenters. The first kappa shape index (κ1) is 17.4. The van der Waals surface area contributed by atoms with Gasteiger partial charge in [0.1, 0.15) is 0 Å². The van der Waals surface area contributed by atoms with Gasteiger partial charge in [-0.3, -0.25) is 0 Å². The quantitative estimate of drug-likeness (QED) is 0.568. The fourth-order valence-electron chi connectivity index (χ4n) is 1.95. The Bertz CT molecular complexity index is 674. The number of hydrogen-bond acceptors (Lipinski definition) is 1. The third-order valence-electron chi connectivity index (χ3n) is 2.86. The SMILES string of the molecule is CC(C)Oc1ccccc1[C](/C=C/c1ccccc1)=[Ru]([Cl])[Cl]. The summed E-state index contributed by atoms with van der Waals surface area (Å²) in [4.78, 5) is 0. The molecule has 2 aromatic carbocycles. The Hall–Kier alpha value is -0.947. The van der Waals surface area contributed by atoms with Gasteiger partial charge in [-0.2, -0.15) is 0 Å². The van der Waals surface area contributed by atoms with E-state index in [1.807, 2.05) is 80.6 Å². The maximum absolute atomic E-state index is 6.32. The minimum atomic E-state index is -2.08. The average molecular weight is 422 g/mol. The van der Waals surface area contributed by atoms with Gasteiger partial charge in [-0.15, -0.1) is 0 Å². The third kappa shape index (κ3) is 5.05. The molecule has 0 fully saturated rings. The van der Waals surface area contributed by atoms with E-state index in [0.717, 1.165) is 21.0 Å². The van der Waals surface area contributed by atoms with Crippen LogP contribution in [0.4, 0.5) is 0 Å². The van der Waals surface area contributed by atoms with Crippen LogP contribution in [0.25, 0.3) is 6.08 Å². The van der Waals surface area contributed by atoms with Crippen LogP contribution in [0.15, 0.2) is 60.7 Å². The molecule has 0 aliphatic rings. The molecule has 0 radical (unpaired) electrons. The Kier molecular flexibility index (Phi) is 6.82. The van der Waals surface area contributed by atoms with E-state index in [9.17, 15) is 0 Å². The van der Waals surface area contributed by atoms with Crippen LogP contribution in [-0.4, -0.2) is 10.2 Å². The van der Waals surface area contributed by atoms with E-state index < -0.39 is 13.5 Å². The van der Waals surface area contributed by atoms with Crippen molar-refractivity contribution in [3.05, 3.63) is 71.8 Å². The zero-order valence-electron chi connectivity index (χ0n) is 12.4. The van der Waals surface area contributed by atoms with Crippen LogP contribution in [0, 0.1) is 0 Å². The van der Waals surface area contributed by atoms with Crippen LogP contribution in [0.5, 0.6) is 5.75 Å². The molecular weight excluding hydrogens is 404 g/mol. The Morgan fingerprint density at radius 1 is 1.00 bits per heavy atom. The van der Waals surface area contributed by atoms with Crippen molar-refractivity contribution in [1.82, 2.24) is 0 Å². The van der Waals surface area contributed by atoms with E-state index in [0.29, 0.717) is 0 Å². The predicted octanol–water partition coefficient (Wildman–Crippen LogP) is 5.63. The van der Waals surface area contributed by atoms with Gasteiger partial charge in [-0.25, -0.2) is 0 Å². The minimum absolute atomic E-state index is 0.104. The molecule has 0 bridgehead atoms. The van der Waals surface area contributed by atoms with E-state index in [-0.39, 0.29) is 6.10 Å². The van der Waals surface area contributed by atoms with Crippen LogP contribution in [0.1, 0.15) is 25.0 Å². The van der Waals surface area contributed by atoms with E-state index in [4.69, 9.17) is 24.1 Å². The van der Waals surface area contributed by atoms with Crippen molar-refractivity contribution in [1.29, 1.82) is 0 Å². The van der Waals surface area contributed by atoms with E-state index in [2.05, 4.69) is 0 Å². The molecule has 0 aliphatic carbocycles. The molecule has 0 saturated carbocycles. The summed E-state index contributed by atoms with van der Waals surface area (Å²) in [5.41, 5.74) is 2.10. The summed E-state index contributed by atoms with van der Waals surface area (Å²) >= 11 is -2.08. The fraction of sp³-hybridized carbons (Fsp3) is 0.167. The molecule has 1 nitrogen and oxygen atoms in total. The second kappa shape index (κ2) is 8.62. The van der Waals surface area contributed by atoms with Gasteiger partial charge in [0.15, 0.2) is 0 Å². The maximum atomic E-state index is 6.32. The predicted molar refractivity (Wildman–Crippen MR) is 93.5 cm³/mol. The molecule has 0 amide bonds. The standard InChI is InChI=1S/C18H18O.2ClH.Ru/c1-15(2)19-18-14-7-6-12-17(18)13-8-11-16-9-4-3-5-10-16;;;/h3-12,14-15H,1-2H3;2*1H;/q;;;+2/p-2/b11-8+;;;. The molecule has 0 saturated heterocycles. The van der Waals surface area contributed by atoms with E-state index in [1.54, 1.807) is 0 Å². The monoisotopic (exact) mass is 422 g/mol. The molecule has 22 heavy (non-hydrogen) atoms. The van der Waals surface area contributed by atoms with Crippen LogP contribution >= 0.6 is 19.4 Å². The first-order valence-electron chi connectivity index (χ1n) is 6.94. The summed E-state index contributed by atoms with van der Waals surface area (Å²) in [5, 5.41) is 0. The van der Waals surface area contributed by atoms with Gasteiger partial charge in [0, 0.05) is 0 Å². The molecule has 0 heterocycles. The van der Waals surface area contributed by atoms with Crippen molar-refractivity contribution in [3.8, 4) is 5.75 Å². The van der Waals surface area contributed by atoms with Crippen LogP contribution < -0.4 is 4.74 Å². The normalized spacial score (nSPS) is 11.8. The van der Waals surface area contributed by atoms with Crippen molar-refractivity contribution >= 4 is 29.6 Å². The third-order valence-corrected chi connectivity index (χ3v) is 6.03. The Labute approximate surface area is 145 Å². The topological polar surface area (TPSA) is 9.23 Å². The van der Waals surface area contributed by atoms with E-state index in [1.165, 1.54) is 0 Å². The summed E-state index contributed by atoms with van der Waals surface area (Å²) in [6, 6.07) is 18.0. The van der Waals surface area contributed by atoms with Crippen molar-refractivity contribution in [2.24, 2.45) is 0 Å². The number of hydrogen-bond donors (Lipinski definition) is 0. The van der Waals surface area contributed by atoms with Crippen molar-refractivity contribution in [2.45, 2.75) is 20.0 Å². The number of rotatable bonds is 5. The zero-order valence-corrected chi connectivity index (χ0v) is 15.7. The van der Waals surface area contributed by atoms with Gasteiger partial charge in [0.2, 0.25) is 0 Å². The van der Waals surface area contributed by atoms with Crippen LogP contribution in [0.2, 0.25) is 0 Å². The van der Waals surface area contributed by atoms with Gasteiger partial charge in [-0.1, -0.05) is 0 Å². The van der Waals surface area contributed by atoms with Gasteiger partial charge in [0.25, 0.3) is 0 Å². The summed E-state index contributed by atoms with van der Waals surface area (Å²) in [7, 11) is 12.6. The number of halogens is 2. The molecule has 118 valence electrons. The molecule has 4 heteroatoms. The summed E-state index contributed by atoms with van der Waals surface area (Å²) in [6.45, 7) is 4.01. The van der Waals surface area contributed by atoms with Crippen molar-refractivity contribution < 1.29 is 18.3 Å². The average Bonchev–Trinajstić information content (AvgIpc) is 2.49. The van der Waals surface area contributed by atoms with Crippen molar-refractivity contribution in [2.75, 3.05) is 0 Å². The van der Waals surface area contributed by atoms with Crippen molar-refractivity contribution in [3.63, 3.8) is 0 Å². The number of para-hydroxylation sites is 1. The van der Waals surface area contributed by atoms with Crippen LogP contribution in [0.3, 0.4) is 0 Å². The van der Waals surface area contributed by atoms with Crippen LogP contribution in [-0.2, 0) is 13.5 Å². The Morgan fingerprint density at radius 3 is 2.27 bits per heavy atom. The molecular formula is C18H18Cl2ORu. The summed E-state index contributed by atoms with van der Waals surface area (Å²) < 4.78 is 6.85. The molecule has 2 rings (SSSR count). The molecule has 0 spiro atoms. The molecule has 0 unspecified atom stereocenters. The molecule has 0 aliphatic heterocycles. The first-order chi connectivity index (χ1) is 10.6. The second-order valence-corrected chi connectivity index (χ2v) is 10.7. The van der Waals surface area contributed by atoms with Gasteiger partial charge in [-0.05, 0) is 0 Å². The number of ether oxygens (including phenoxy) is 1.